The van der Waals surface area contributed by atoms with Crippen LogP contribution in [0.25, 0.3) is 6.08 Å². The topological polar surface area (TPSA) is 84.5 Å². The minimum absolute atomic E-state index is 0.219. The van der Waals surface area contributed by atoms with E-state index in [4.69, 9.17) is 16.3 Å². The number of esters is 1. The Labute approximate surface area is 162 Å². The predicted octanol–water partition coefficient (Wildman–Crippen LogP) is 3.20. The number of hydrogen-bond donors (Lipinski definition) is 2. The highest BCUT2D eigenvalue weighted by Gasteiger charge is 2.07. The van der Waals surface area contributed by atoms with Gasteiger partial charge in [-0.1, -0.05) is 23.7 Å². The molecule has 0 heterocycles. The highest BCUT2D eigenvalue weighted by molar-refractivity contribution is 6.31. The van der Waals surface area contributed by atoms with Gasteiger partial charge in [-0.25, -0.2) is 4.79 Å². The Morgan fingerprint density at radius 2 is 1.81 bits per heavy atom. The smallest absolute Gasteiger partial charge is 0.331 e. The number of aryl methyl sites for hydroxylation is 1. The number of carbonyl (C=O) groups is 3. The van der Waals surface area contributed by atoms with E-state index in [-0.39, 0.29) is 5.91 Å². The summed E-state index contributed by atoms with van der Waals surface area (Å²) in [5, 5.41) is 5.69. The zero-order valence-corrected chi connectivity index (χ0v) is 15.7. The van der Waals surface area contributed by atoms with Crippen molar-refractivity contribution in [1.29, 1.82) is 0 Å². The lowest BCUT2D eigenvalue weighted by atomic mass is 10.1. The Balaban J connectivity index is 1.82. The SMILES string of the molecule is CNC(=O)c1ccc(NC(=O)COC(=O)/C=C/c2ccc(C)c(Cl)c2)cc1. The van der Waals surface area contributed by atoms with Crippen molar-refractivity contribution in [2.75, 3.05) is 19.0 Å². The summed E-state index contributed by atoms with van der Waals surface area (Å²) in [6.07, 6.45) is 2.79. The first-order chi connectivity index (χ1) is 12.9. The van der Waals surface area contributed by atoms with Crippen LogP contribution in [0.5, 0.6) is 0 Å². The molecule has 2 aromatic rings. The van der Waals surface area contributed by atoms with Gasteiger partial charge in [0.25, 0.3) is 11.8 Å². The van der Waals surface area contributed by atoms with Crippen LogP contribution in [0.1, 0.15) is 21.5 Å². The van der Waals surface area contributed by atoms with Gasteiger partial charge in [-0.3, -0.25) is 9.59 Å². The van der Waals surface area contributed by atoms with Crippen LogP contribution in [0.3, 0.4) is 0 Å². The molecule has 2 rings (SSSR count). The number of amides is 2. The number of carbonyl (C=O) groups excluding carboxylic acids is 3. The van der Waals surface area contributed by atoms with Crippen molar-refractivity contribution in [2.24, 2.45) is 0 Å². The maximum atomic E-state index is 11.8. The largest absolute Gasteiger partial charge is 0.452 e. The number of anilines is 1. The van der Waals surface area contributed by atoms with Gasteiger partial charge in [-0.15, -0.1) is 0 Å². The van der Waals surface area contributed by atoms with Gasteiger partial charge in [-0.2, -0.15) is 0 Å². The van der Waals surface area contributed by atoms with Gasteiger partial charge < -0.3 is 15.4 Å². The van der Waals surface area contributed by atoms with Crippen molar-refractivity contribution in [3.05, 3.63) is 70.3 Å². The van der Waals surface area contributed by atoms with Crippen LogP contribution in [0.2, 0.25) is 5.02 Å². The maximum Gasteiger partial charge on any atom is 0.331 e. The molecule has 6 nitrogen and oxygen atoms in total. The molecule has 0 saturated carbocycles. The van der Waals surface area contributed by atoms with Gasteiger partial charge in [0.15, 0.2) is 6.61 Å². The fraction of sp³-hybridized carbons (Fsp3) is 0.150. The van der Waals surface area contributed by atoms with E-state index in [1.165, 1.54) is 13.1 Å². The Morgan fingerprint density at radius 3 is 2.44 bits per heavy atom. The summed E-state index contributed by atoms with van der Waals surface area (Å²) in [5.74, 6) is -1.34. The molecular formula is C20H19ClN2O4. The molecule has 0 aliphatic carbocycles. The molecule has 2 aromatic carbocycles. The Hall–Kier alpha value is -3.12. The molecule has 0 unspecified atom stereocenters. The molecule has 0 atom stereocenters. The van der Waals surface area contributed by atoms with Gasteiger partial charge >= 0.3 is 5.97 Å². The van der Waals surface area contributed by atoms with Crippen LogP contribution in [-0.4, -0.2) is 31.4 Å². The standard InChI is InChI=1S/C20H19ClN2O4/c1-13-3-4-14(11-17(13)21)5-10-19(25)27-12-18(24)23-16-8-6-15(7-9-16)20(26)22-2/h3-11H,12H2,1-2H3,(H,22,26)(H,23,24)/b10-5+. The first kappa shape index (κ1) is 20.2. The van der Waals surface area contributed by atoms with E-state index in [2.05, 4.69) is 10.6 Å². The lowest BCUT2D eigenvalue weighted by molar-refractivity contribution is -0.142. The van der Waals surface area contributed by atoms with Crippen molar-refractivity contribution in [2.45, 2.75) is 6.92 Å². The highest BCUT2D eigenvalue weighted by Crippen LogP contribution is 2.17. The van der Waals surface area contributed by atoms with E-state index in [1.807, 2.05) is 19.1 Å². The van der Waals surface area contributed by atoms with E-state index >= 15 is 0 Å². The molecular weight excluding hydrogens is 368 g/mol. The predicted molar refractivity (Wildman–Crippen MR) is 105 cm³/mol. The Bertz CT molecular complexity index is 876. The summed E-state index contributed by atoms with van der Waals surface area (Å²) in [4.78, 5) is 35.0. The van der Waals surface area contributed by atoms with Crippen molar-refractivity contribution >= 4 is 41.1 Å². The second kappa shape index (κ2) is 9.54. The molecule has 0 radical (unpaired) electrons. The van der Waals surface area contributed by atoms with Crippen molar-refractivity contribution < 1.29 is 19.1 Å². The number of rotatable bonds is 6. The lowest BCUT2D eigenvalue weighted by Gasteiger charge is -2.06. The van der Waals surface area contributed by atoms with Crippen LogP contribution in [-0.2, 0) is 14.3 Å². The minimum Gasteiger partial charge on any atom is -0.452 e. The lowest BCUT2D eigenvalue weighted by Crippen LogP contribution is -2.20. The van der Waals surface area contributed by atoms with E-state index < -0.39 is 18.5 Å². The molecule has 0 spiro atoms. The summed E-state index contributed by atoms with van der Waals surface area (Å²) >= 11 is 6.02. The Morgan fingerprint density at radius 1 is 1.11 bits per heavy atom. The van der Waals surface area contributed by atoms with Gasteiger partial charge in [0.2, 0.25) is 0 Å². The summed E-state index contributed by atoms with van der Waals surface area (Å²) in [5.41, 5.74) is 2.66. The van der Waals surface area contributed by atoms with Crippen LogP contribution < -0.4 is 10.6 Å². The van der Waals surface area contributed by atoms with Crippen molar-refractivity contribution in [3.63, 3.8) is 0 Å². The number of hydrogen-bond acceptors (Lipinski definition) is 4. The van der Waals surface area contributed by atoms with Crippen LogP contribution in [0.15, 0.2) is 48.5 Å². The second-order valence-electron chi connectivity index (χ2n) is 5.65. The van der Waals surface area contributed by atoms with E-state index in [0.717, 1.165) is 11.1 Å². The number of benzene rings is 2. The molecule has 0 aliphatic rings. The molecule has 0 fully saturated rings. The molecule has 0 bridgehead atoms. The molecule has 27 heavy (non-hydrogen) atoms. The van der Waals surface area contributed by atoms with Crippen molar-refractivity contribution in [3.8, 4) is 0 Å². The summed E-state index contributed by atoms with van der Waals surface area (Å²) in [6.45, 7) is 1.46. The number of nitrogens with one attached hydrogen (secondary N) is 2. The van der Waals surface area contributed by atoms with Crippen molar-refractivity contribution in [1.82, 2.24) is 5.32 Å². The monoisotopic (exact) mass is 386 g/mol. The van der Waals surface area contributed by atoms with Gasteiger partial charge in [0.1, 0.15) is 0 Å². The molecule has 2 amide bonds. The molecule has 140 valence electrons. The Kier molecular flexibility index (Phi) is 7.14. The third-order valence-electron chi connectivity index (χ3n) is 3.61. The third kappa shape index (κ3) is 6.27. The molecule has 0 saturated heterocycles. The van der Waals surface area contributed by atoms with Crippen LogP contribution in [0, 0.1) is 6.92 Å². The quantitative estimate of drug-likeness (QED) is 0.589. The summed E-state index contributed by atoms with van der Waals surface area (Å²) in [7, 11) is 1.54. The zero-order chi connectivity index (χ0) is 19.8. The average molecular weight is 387 g/mol. The molecule has 7 heteroatoms. The van der Waals surface area contributed by atoms with Gasteiger partial charge in [-0.05, 0) is 54.5 Å². The first-order valence-electron chi connectivity index (χ1n) is 8.12. The van der Waals surface area contributed by atoms with E-state index in [0.29, 0.717) is 16.3 Å². The molecule has 0 aliphatic heterocycles. The number of ether oxygens (including phenoxy) is 1. The fourth-order valence-corrected chi connectivity index (χ4v) is 2.30. The van der Waals surface area contributed by atoms with Gasteiger partial charge in [0, 0.05) is 29.4 Å². The molecule has 2 N–H and O–H groups in total. The second-order valence-corrected chi connectivity index (χ2v) is 6.06. The average Bonchev–Trinajstić information content (AvgIpc) is 2.67. The van der Waals surface area contributed by atoms with Crippen LogP contribution in [0.4, 0.5) is 5.69 Å². The van der Waals surface area contributed by atoms with Gasteiger partial charge in [0.05, 0.1) is 0 Å². The van der Waals surface area contributed by atoms with E-state index in [1.54, 1.807) is 36.4 Å². The summed E-state index contributed by atoms with van der Waals surface area (Å²) < 4.78 is 4.90. The third-order valence-corrected chi connectivity index (χ3v) is 4.02. The number of halogens is 1. The van der Waals surface area contributed by atoms with E-state index in [9.17, 15) is 14.4 Å². The zero-order valence-electron chi connectivity index (χ0n) is 14.9. The normalized spacial score (nSPS) is 10.5. The first-order valence-corrected chi connectivity index (χ1v) is 8.50. The summed E-state index contributed by atoms with van der Waals surface area (Å²) in [6, 6.07) is 11.7. The fourth-order valence-electron chi connectivity index (χ4n) is 2.11. The van der Waals surface area contributed by atoms with Crippen LogP contribution >= 0.6 is 11.6 Å². The highest BCUT2D eigenvalue weighted by atomic mass is 35.5. The molecule has 0 aromatic heterocycles. The maximum absolute atomic E-state index is 11.8. The minimum atomic E-state index is -0.642.